The van der Waals surface area contributed by atoms with E-state index in [2.05, 4.69) is 17.4 Å². The van der Waals surface area contributed by atoms with Gasteiger partial charge >= 0.3 is 0 Å². The molecule has 1 aliphatic carbocycles. The largest absolute Gasteiger partial charge is 0.490 e. The first-order valence-electron chi connectivity index (χ1n) is 13.1. The Morgan fingerprint density at radius 1 is 1.05 bits per heavy atom. The van der Waals surface area contributed by atoms with E-state index in [1.165, 1.54) is 61.9 Å². The number of rotatable bonds is 10. The predicted octanol–water partition coefficient (Wildman–Crippen LogP) is 6.95. The van der Waals surface area contributed by atoms with E-state index in [0.29, 0.717) is 17.4 Å². The van der Waals surface area contributed by atoms with Gasteiger partial charge in [0.05, 0.1) is 4.92 Å². The van der Waals surface area contributed by atoms with Gasteiger partial charge in [-0.15, -0.1) is 0 Å². The van der Waals surface area contributed by atoms with Crippen LogP contribution in [0.1, 0.15) is 54.7 Å². The van der Waals surface area contributed by atoms with Gasteiger partial charge in [-0.3, -0.25) is 14.9 Å². The van der Waals surface area contributed by atoms with Crippen LogP contribution in [0.3, 0.4) is 0 Å². The second-order valence-corrected chi connectivity index (χ2v) is 9.52. The van der Waals surface area contributed by atoms with Gasteiger partial charge in [0.1, 0.15) is 36.4 Å². The lowest BCUT2D eigenvalue weighted by Gasteiger charge is -2.22. The lowest BCUT2D eigenvalue weighted by molar-refractivity contribution is -0.384. The van der Waals surface area contributed by atoms with Crippen molar-refractivity contribution in [1.82, 2.24) is 0 Å². The Kier molecular flexibility index (Phi) is 9.30. The molecule has 1 saturated carbocycles. The normalized spacial score (nSPS) is 13.8. The maximum absolute atomic E-state index is 12.8. The van der Waals surface area contributed by atoms with Gasteiger partial charge in [-0.05, 0) is 67.2 Å². The van der Waals surface area contributed by atoms with E-state index < -0.39 is 10.8 Å². The highest BCUT2D eigenvalue weighted by Gasteiger charge is 2.17. The number of carbonyl (C=O) groups is 1. The van der Waals surface area contributed by atoms with Crippen LogP contribution in [0.25, 0.3) is 6.08 Å². The molecule has 0 aromatic heterocycles. The van der Waals surface area contributed by atoms with Crippen LogP contribution in [0, 0.1) is 28.4 Å². The molecule has 4 rings (SSSR count). The maximum atomic E-state index is 12.8. The molecule has 1 aliphatic rings. The number of non-ortho nitro benzene ring substituents is 1. The Bertz CT molecular complexity index is 1390. The molecule has 0 aliphatic heterocycles. The molecule has 0 heterocycles. The molecule has 0 radical (unpaired) electrons. The Balaban J connectivity index is 1.42. The molecule has 0 unspecified atom stereocenters. The number of para-hydroxylation sites is 1. The molecule has 1 amide bonds. The Labute approximate surface area is 228 Å². The number of nitriles is 1. The number of carbonyl (C=O) groups excluding carboxylic acids is 1. The highest BCUT2D eigenvalue weighted by Crippen LogP contribution is 2.33. The molecule has 39 heavy (non-hydrogen) atoms. The molecule has 1 fully saturated rings. The number of aryl methyl sites for hydroxylation is 1. The van der Waals surface area contributed by atoms with Crippen molar-refractivity contribution in [1.29, 1.82) is 5.26 Å². The number of hydrogen-bond donors (Lipinski definition) is 1. The predicted molar refractivity (Wildman–Crippen MR) is 150 cm³/mol. The number of anilines is 1. The molecule has 0 spiro atoms. The first-order chi connectivity index (χ1) is 18.9. The van der Waals surface area contributed by atoms with Crippen LogP contribution >= 0.6 is 0 Å². The lowest BCUT2D eigenvalue weighted by atomic mass is 9.84. The van der Waals surface area contributed by atoms with Crippen LogP contribution in [-0.2, 0) is 4.79 Å². The number of hydrogen-bond acceptors (Lipinski definition) is 6. The summed E-state index contributed by atoms with van der Waals surface area (Å²) < 4.78 is 11.7. The van der Waals surface area contributed by atoms with Crippen molar-refractivity contribution in [2.45, 2.75) is 44.9 Å². The van der Waals surface area contributed by atoms with Gasteiger partial charge in [0.2, 0.25) is 0 Å². The summed E-state index contributed by atoms with van der Waals surface area (Å²) in [6.45, 7) is 2.26. The first kappa shape index (κ1) is 27.4. The SMILES string of the molecule is Cc1ccccc1NC(=O)/C(C#N)=C/c1cc([N+](=O)[O-])ccc1OCCOc1ccc(C2CCCCC2)cc1. The lowest BCUT2D eigenvalue weighted by Crippen LogP contribution is -2.14. The zero-order valence-corrected chi connectivity index (χ0v) is 21.9. The van der Waals surface area contributed by atoms with E-state index in [-0.39, 0.29) is 30.0 Å². The average molecular weight is 526 g/mol. The summed E-state index contributed by atoms with van der Waals surface area (Å²) in [5.74, 6) is 1.04. The summed E-state index contributed by atoms with van der Waals surface area (Å²) in [4.78, 5) is 23.6. The van der Waals surface area contributed by atoms with Gasteiger partial charge in [0, 0.05) is 23.4 Å². The zero-order chi connectivity index (χ0) is 27.6. The highest BCUT2D eigenvalue weighted by atomic mass is 16.6. The topological polar surface area (TPSA) is 114 Å². The fourth-order valence-corrected chi connectivity index (χ4v) is 4.68. The zero-order valence-electron chi connectivity index (χ0n) is 21.9. The van der Waals surface area contributed by atoms with Crippen molar-refractivity contribution in [2.24, 2.45) is 0 Å². The van der Waals surface area contributed by atoms with Crippen molar-refractivity contribution in [2.75, 3.05) is 18.5 Å². The minimum Gasteiger partial charge on any atom is -0.490 e. The molecule has 0 atom stereocenters. The number of nitrogens with zero attached hydrogens (tertiary/aromatic N) is 2. The number of benzene rings is 3. The third kappa shape index (κ3) is 7.45. The Morgan fingerprint density at radius 2 is 1.77 bits per heavy atom. The van der Waals surface area contributed by atoms with Gasteiger partial charge in [-0.2, -0.15) is 5.26 Å². The summed E-state index contributed by atoms with van der Waals surface area (Å²) in [5.41, 5.74) is 2.62. The summed E-state index contributed by atoms with van der Waals surface area (Å²) >= 11 is 0. The number of ether oxygens (including phenoxy) is 2. The van der Waals surface area contributed by atoms with Crippen molar-refractivity contribution in [3.8, 4) is 17.6 Å². The quantitative estimate of drug-likeness (QED) is 0.101. The second-order valence-electron chi connectivity index (χ2n) is 9.52. The molecule has 1 N–H and O–H groups in total. The summed E-state index contributed by atoms with van der Waals surface area (Å²) in [5, 5.41) is 23.7. The molecule has 200 valence electrons. The van der Waals surface area contributed by atoms with Crippen LogP contribution < -0.4 is 14.8 Å². The van der Waals surface area contributed by atoms with Crippen molar-refractivity contribution >= 4 is 23.4 Å². The smallest absolute Gasteiger partial charge is 0.270 e. The van der Waals surface area contributed by atoms with Gasteiger partial charge in [0.25, 0.3) is 11.6 Å². The van der Waals surface area contributed by atoms with Gasteiger partial charge in [0.15, 0.2) is 0 Å². The summed E-state index contributed by atoms with van der Waals surface area (Å²) in [6, 6.07) is 21.3. The number of nitro benzene ring substituents is 1. The van der Waals surface area contributed by atoms with Gasteiger partial charge in [-0.1, -0.05) is 49.6 Å². The number of nitrogens with one attached hydrogen (secondary N) is 1. The van der Waals surface area contributed by atoms with Crippen LogP contribution in [0.5, 0.6) is 11.5 Å². The standard InChI is InChI=1S/C31H31N3O5/c1-22-7-5-6-10-29(22)33-31(35)26(21-32)19-25-20-27(34(36)37)13-16-30(25)39-18-17-38-28-14-11-24(12-15-28)23-8-3-2-4-9-23/h5-7,10-16,19-20,23H,2-4,8-9,17-18H2,1H3,(H,33,35)/b26-19+. The minimum absolute atomic E-state index is 0.167. The van der Waals surface area contributed by atoms with Crippen LogP contribution in [-0.4, -0.2) is 24.0 Å². The van der Waals surface area contributed by atoms with Gasteiger partial charge in [-0.25, -0.2) is 0 Å². The molecule has 3 aromatic rings. The number of nitro groups is 1. The molecule has 3 aromatic carbocycles. The Hall–Kier alpha value is -4.64. The van der Waals surface area contributed by atoms with Crippen molar-refractivity contribution in [3.05, 3.63) is 99.1 Å². The van der Waals surface area contributed by atoms with Gasteiger partial charge < -0.3 is 14.8 Å². The number of amides is 1. The molecular weight excluding hydrogens is 494 g/mol. The first-order valence-corrected chi connectivity index (χ1v) is 13.1. The maximum Gasteiger partial charge on any atom is 0.270 e. The van der Waals surface area contributed by atoms with E-state index in [4.69, 9.17) is 9.47 Å². The fraction of sp³-hybridized carbons (Fsp3) is 0.290. The van der Waals surface area contributed by atoms with Crippen LogP contribution in [0.2, 0.25) is 0 Å². The van der Waals surface area contributed by atoms with E-state index in [1.807, 2.05) is 37.3 Å². The van der Waals surface area contributed by atoms with Crippen LogP contribution in [0.4, 0.5) is 11.4 Å². The fourth-order valence-electron chi connectivity index (χ4n) is 4.68. The van der Waals surface area contributed by atoms with E-state index in [9.17, 15) is 20.2 Å². The molecule has 8 heteroatoms. The van der Waals surface area contributed by atoms with Crippen LogP contribution in [0.15, 0.2) is 72.3 Å². The molecule has 0 bridgehead atoms. The second kappa shape index (κ2) is 13.2. The highest BCUT2D eigenvalue weighted by molar-refractivity contribution is 6.10. The summed E-state index contributed by atoms with van der Waals surface area (Å²) in [6.07, 6.45) is 7.66. The Morgan fingerprint density at radius 3 is 2.46 bits per heavy atom. The van der Waals surface area contributed by atoms with E-state index in [0.717, 1.165) is 11.3 Å². The summed E-state index contributed by atoms with van der Waals surface area (Å²) in [7, 11) is 0. The monoisotopic (exact) mass is 525 g/mol. The molecule has 8 nitrogen and oxygen atoms in total. The average Bonchev–Trinajstić information content (AvgIpc) is 2.96. The third-order valence-corrected chi connectivity index (χ3v) is 6.83. The molecule has 0 saturated heterocycles. The minimum atomic E-state index is -0.621. The van der Waals surface area contributed by atoms with Crippen molar-refractivity contribution < 1.29 is 19.2 Å². The van der Waals surface area contributed by atoms with E-state index >= 15 is 0 Å². The van der Waals surface area contributed by atoms with Crippen molar-refractivity contribution in [3.63, 3.8) is 0 Å². The third-order valence-electron chi connectivity index (χ3n) is 6.83. The molecular formula is C31H31N3O5. The van der Waals surface area contributed by atoms with E-state index in [1.54, 1.807) is 12.1 Å².